The van der Waals surface area contributed by atoms with Crippen molar-refractivity contribution in [3.05, 3.63) is 71.4 Å². The Kier molecular flexibility index (Phi) is 4.62. The van der Waals surface area contributed by atoms with Gasteiger partial charge in [0.15, 0.2) is 0 Å². The molecule has 1 aromatic carbocycles. The second kappa shape index (κ2) is 7.23. The van der Waals surface area contributed by atoms with E-state index in [2.05, 4.69) is 15.1 Å². The van der Waals surface area contributed by atoms with Gasteiger partial charge in [-0.05, 0) is 43.2 Å². The number of hydrogen-bond donors (Lipinski definition) is 0. The maximum atomic E-state index is 14.1. The number of aromatic nitrogens is 2. The van der Waals surface area contributed by atoms with Crippen molar-refractivity contribution >= 4 is 22.5 Å². The molecule has 5 nitrogen and oxygen atoms in total. The molecular weight excluding hydrogens is 343 g/mol. The number of carbonyl (C=O) groups is 1. The van der Waals surface area contributed by atoms with E-state index in [1.165, 1.54) is 11.1 Å². The van der Waals surface area contributed by atoms with E-state index in [1.54, 1.807) is 12.3 Å². The molecule has 0 aliphatic carbocycles. The van der Waals surface area contributed by atoms with Crippen LogP contribution in [0.5, 0.6) is 0 Å². The van der Waals surface area contributed by atoms with Gasteiger partial charge in [0, 0.05) is 36.7 Å². The molecule has 0 N–H and O–H groups in total. The summed E-state index contributed by atoms with van der Waals surface area (Å²) in [6.07, 6.45) is 3.35. The number of benzene rings is 1. The highest BCUT2D eigenvalue weighted by atomic mass is 19.1. The summed E-state index contributed by atoms with van der Waals surface area (Å²) in [4.78, 5) is 20.8. The molecule has 2 aromatic heterocycles. The van der Waals surface area contributed by atoms with Crippen LogP contribution in [-0.4, -0.2) is 33.1 Å². The maximum Gasteiger partial charge on any atom is 0.242 e. The van der Waals surface area contributed by atoms with Crippen molar-refractivity contribution in [1.82, 2.24) is 15.0 Å². The smallest absolute Gasteiger partial charge is 0.242 e. The van der Waals surface area contributed by atoms with E-state index >= 15 is 0 Å². The molecule has 0 saturated carbocycles. The Hall–Kier alpha value is -3.15. The van der Waals surface area contributed by atoms with Gasteiger partial charge in [0.05, 0.1) is 11.4 Å². The van der Waals surface area contributed by atoms with Gasteiger partial charge in [-0.3, -0.25) is 14.8 Å². The Labute approximate surface area is 156 Å². The third kappa shape index (κ3) is 3.56. The van der Waals surface area contributed by atoms with Crippen molar-refractivity contribution in [2.24, 2.45) is 5.10 Å². The maximum absolute atomic E-state index is 14.1. The van der Waals surface area contributed by atoms with Gasteiger partial charge in [-0.15, -0.1) is 0 Å². The van der Waals surface area contributed by atoms with Gasteiger partial charge in [0.1, 0.15) is 11.3 Å². The van der Waals surface area contributed by atoms with E-state index in [-0.39, 0.29) is 11.7 Å². The molecule has 136 valence electrons. The van der Waals surface area contributed by atoms with Gasteiger partial charge in [-0.2, -0.15) is 5.10 Å². The largest absolute Gasteiger partial charge is 0.273 e. The van der Waals surface area contributed by atoms with Crippen LogP contribution in [-0.2, 0) is 11.2 Å². The molecule has 1 aliphatic heterocycles. The highest BCUT2D eigenvalue weighted by molar-refractivity contribution is 6.02. The van der Waals surface area contributed by atoms with Gasteiger partial charge in [0.2, 0.25) is 5.91 Å². The van der Waals surface area contributed by atoms with Crippen molar-refractivity contribution in [3.63, 3.8) is 0 Å². The first-order chi connectivity index (χ1) is 13.1. The number of aryl methyl sites for hydroxylation is 1. The molecule has 0 unspecified atom stereocenters. The molecule has 4 rings (SSSR count). The average molecular weight is 362 g/mol. The van der Waals surface area contributed by atoms with Crippen molar-refractivity contribution in [3.8, 4) is 0 Å². The number of pyridine rings is 2. The standard InChI is InChI=1S/C21H19FN4O/c1-14-5-2-8-18(24-14)19(25-26-12-4-9-20(26)27)13-15-10-11-23-21-16(15)6-3-7-17(21)22/h2-3,5-8,10-11H,4,9,12-13H2,1H3. The van der Waals surface area contributed by atoms with Crippen LogP contribution >= 0.6 is 0 Å². The summed E-state index contributed by atoms with van der Waals surface area (Å²) in [5.74, 6) is -0.331. The molecule has 0 bridgehead atoms. The third-order valence-electron chi connectivity index (χ3n) is 4.64. The molecule has 1 fully saturated rings. The predicted molar refractivity (Wildman–Crippen MR) is 102 cm³/mol. The summed E-state index contributed by atoms with van der Waals surface area (Å²) >= 11 is 0. The summed E-state index contributed by atoms with van der Waals surface area (Å²) in [5.41, 5.74) is 3.51. The molecule has 1 saturated heterocycles. The van der Waals surface area contributed by atoms with Crippen LogP contribution in [0.25, 0.3) is 10.9 Å². The van der Waals surface area contributed by atoms with Crippen LogP contribution in [0.3, 0.4) is 0 Å². The van der Waals surface area contributed by atoms with E-state index in [9.17, 15) is 9.18 Å². The lowest BCUT2D eigenvalue weighted by Crippen LogP contribution is -2.22. The monoisotopic (exact) mass is 362 g/mol. The van der Waals surface area contributed by atoms with Gasteiger partial charge in [-0.25, -0.2) is 9.40 Å². The molecular formula is C21H19FN4O. The third-order valence-corrected chi connectivity index (χ3v) is 4.64. The van der Waals surface area contributed by atoms with Gasteiger partial charge >= 0.3 is 0 Å². The molecule has 0 radical (unpaired) electrons. The first kappa shape index (κ1) is 17.3. The summed E-state index contributed by atoms with van der Waals surface area (Å²) in [6, 6.07) is 12.5. The summed E-state index contributed by atoms with van der Waals surface area (Å²) in [7, 11) is 0. The van der Waals surface area contributed by atoms with E-state index in [0.717, 1.165) is 28.8 Å². The Bertz CT molecular complexity index is 1050. The molecule has 3 heterocycles. The topological polar surface area (TPSA) is 58.5 Å². The minimum Gasteiger partial charge on any atom is -0.273 e. The second-order valence-corrected chi connectivity index (χ2v) is 6.61. The molecule has 0 spiro atoms. The number of carbonyl (C=O) groups excluding carboxylic acids is 1. The predicted octanol–water partition coefficient (Wildman–Crippen LogP) is 3.65. The number of halogens is 1. The van der Waals surface area contributed by atoms with E-state index in [0.29, 0.717) is 30.6 Å². The zero-order chi connectivity index (χ0) is 18.8. The van der Waals surface area contributed by atoms with E-state index in [4.69, 9.17) is 0 Å². The van der Waals surface area contributed by atoms with Crippen LogP contribution in [0.1, 0.15) is 29.8 Å². The number of fused-ring (bicyclic) bond motifs is 1. The van der Waals surface area contributed by atoms with Crippen molar-refractivity contribution in [1.29, 1.82) is 0 Å². The van der Waals surface area contributed by atoms with E-state index < -0.39 is 0 Å². The fourth-order valence-corrected chi connectivity index (χ4v) is 3.30. The zero-order valence-electron chi connectivity index (χ0n) is 15.0. The summed E-state index contributed by atoms with van der Waals surface area (Å²) in [6.45, 7) is 2.53. The Morgan fingerprint density at radius 2 is 2.07 bits per heavy atom. The molecule has 1 aliphatic rings. The number of nitrogens with zero attached hydrogens (tertiary/aromatic N) is 4. The minimum absolute atomic E-state index is 0.0192. The lowest BCUT2D eigenvalue weighted by Gasteiger charge is -2.14. The van der Waals surface area contributed by atoms with Crippen LogP contribution in [0.2, 0.25) is 0 Å². The second-order valence-electron chi connectivity index (χ2n) is 6.61. The number of amides is 1. The van der Waals surface area contributed by atoms with Crippen LogP contribution in [0, 0.1) is 12.7 Å². The number of hydrazone groups is 1. The van der Waals surface area contributed by atoms with Crippen LogP contribution in [0.15, 0.2) is 53.8 Å². The Morgan fingerprint density at radius 1 is 1.22 bits per heavy atom. The lowest BCUT2D eigenvalue weighted by atomic mass is 10.0. The number of hydrogen-bond acceptors (Lipinski definition) is 4. The highest BCUT2D eigenvalue weighted by Gasteiger charge is 2.21. The molecule has 3 aromatic rings. The highest BCUT2D eigenvalue weighted by Crippen LogP contribution is 2.22. The van der Waals surface area contributed by atoms with Crippen LogP contribution in [0.4, 0.5) is 4.39 Å². The average Bonchev–Trinajstić information content (AvgIpc) is 3.07. The fourth-order valence-electron chi connectivity index (χ4n) is 3.30. The minimum atomic E-state index is -0.351. The molecule has 1 amide bonds. The first-order valence-corrected chi connectivity index (χ1v) is 8.96. The van der Waals surface area contributed by atoms with Crippen molar-refractivity contribution < 1.29 is 9.18 Å². The van der Waals surface area contributed by atoms with E-state index in [1.807, 2.05) is 37.3 Å². The Morgan fingerprint density at radius 3 is 2.85 bits per heavy atom. The molecule has 6 heteroatoms. The molecule has 0 atom stereocenters. The SMILES string of the molecule is Cc1cccc(C(Cc2ccnc3c(F)cccc23)=NN2CCCC2=O)n1. The summed E-state index contributed by atoms with van der Waals surface area (Å²) < 4.78 is 14.1. The van der Waals surface area contributed by atoms with Gasteiger partial charge in [-0.1, -0.05) is 18.2 Å². The lowest BCUT2D eigenvalue weighted by molar-refractivity contribution is -0.127. The zero-order valence-corrected chi connectivity index (χ0v) is 15.0. The van der Waals surface area contributed by atoms with Crippen molar-refractivity contribution in [2.45, 2.75) is 26.2 Å². The van der Waals surface area contributed by atoms with Gasteiger partial charge in [0.25, 0.3) is 0 Å². The number of para-hydroxylation sites is 1. The summed E-state index contributed by atoms with van der Waals surface area (Å²) in [5, 5.41) is 6.87. The fraction of sp³-hybridized carbons (Fsp3) is 0.238. The molecule has 27 heavy (non-hydrogen) atoms. The van der Waals surface area contributed by atoms with Gasteiger partial charge < -0.3 is 0 Å². The van der Waals surface area contributed by atoms with Crippen LogP contribution < -0.4 is 0 Å². The van der Waals surface area contributed by atoms with Crippen molar-refractivity contribution in [2.75, 3.05) is 6.54 Å². The normalized spacial score (nSPS) is 15.0. The Balaban J connectivity index is 1.79. The quantitative estimate of drug-likeness (QED) is 0.666. The first-order valence-electron chi connectivity index (χ1n) is 8.96. The number of rotatable bonds is 4.